The Bertz CT molecular complexity index is 624. The van der Waals surface area contributed by atoms with E-state index < -0.39 is 10.0 Å². The molecule has 0 atom stereocenters. The third kappa shape index (κ3) is 2.87. The standard InChI is InChI=1S/C15H20N2O2S/c1-3-15(2)7-9-17(10-8-15)20(18,19)14-6-4-5-13(11-14)12-16/h4-6,11H,3,7-10H2,1-2H3. The van der Waals surface area contributed by atoms with Crippen molar-refractivity contribution in [2.45, 2.75) is 38.0 Å². The zero-order valence-electron chi connectivity index (χ0n) is 12.0. The molecule has 108 valence electrons. The summed E-state index contributed by atoms with van der Waals surface area (Å²) in [6.45, 7) is 5.49. The maximum atomic E-state index is 12.6. The summed E-state index contributed by atoms with van der Waals surface area (Å²) in [5, 5.41) is 8.88. The predicted octanol–water partition coefficient (Wildman–Crippen LogP) is 2.76. The van der Waals surface area contributed by atoms with Crippen LogP contribution in [0.25, 0.3) is 0 Å². The van der Waals surface area contributed by atoms with Gasteiger partial charge < -0.3 is 0 Å². The lowest BCUT2D eigenvalue weighted by Gasteiger charge is -2.38. The molecule has 0 aliphatic carbocycles. The van der Waals surface area contributed by atoms with Crippen LogP contribution in [-0.4, -0.2) is 25.8 Å². The van der Waals surface area contributed by atoms with Crippen LogP contribution in [0.3, 0.4) is 0 Å². The monoisotopic (exact) mass is 292 g/mol. The van der Waals surface area contributed by atoms with E-state index in [0.29, 0.717) is 18.7 Å². The summed E-state index contributed by atoms with van der Waals surface area (Å²) in [5.41, 5.74) is 0.627. The van der Waals surface area contributed by atoms with Gasteiger partial charge in [-0.2, -0.15) is 9.57 Å². The molecule has 0 bridgehead atoms. The first-order valence-corrected chi connectivity index (χ1v) is 8.36. The second-order valence-corrected chi connectivity index (χ2v) is 7.65. The van der Waals surface area contributed by atoms with Crippen LogP contribution in [0.15, 0.2) is 29.2 Å². The Kier molecular flexibility index (Phi) is 4.17. The molecular weight excluding hydrogens is 272 g/mol. The quantitative estimate of drug-likeness (QED) is 0.860. The highest BCUT2D eigenvalue weighted by atomic mass is 32.2. The van der Waals surface area contributed by atoms with Crippen molar-refractivity contribution in [3.05, 3.63) is 29.8 Å². The fourth-order valence-electron chi connectivity index (χ4n) is 2.50. The highest BCUT2D eigenvalue weighted by Crippen LogP contribution is 2.35. The van der Waals surface area contributed by atoms with Gasteiger partial charge in [-0.25, -0.2) is 8.42 Å². The van der Waals surface area contributed by atoms with Crippen LogP contribution in [0.4, 0.5) is 0 Å². The summed E-state index contributed by atoms with van der Waals surface area (Å²) >= 11 is 0. The molecule has 0 radical (unpaired) electrons. The van der Waals surface area contributed by atoms with E-state index in [1.54, 1.807) is 22.5 Å². The van der Waals surface area contributed by atoms with Crippen LogP contribution in [0, 0.1) is 16.7 Å². The molecule has 0 unspecified atom stereocenters. The number of sulfonamides is 1. The normalized spacial score (nSPS) is 19.4. The molecule has 20 heavy (non-hydrogen) atoms. The summed E-state index contributed by atoms with van der Waals surface area (Å²) in [7, 11) is -3.47. The molecular formula is C15H20N2O2S. The average Bonchev–Trinajstić information content (AvgIpc) is 2.48. The zero-order valence-corrected chi connectivity index (χ0v) is 12.8. The minimum Gasteiger partial charge on any atom is -0.207 e. The van der Waals surface area contributed by atoms with E-state index in [1.165, 1.54) is 6.07 Å². The van der Waals surface area contributed by atoms with Crippen molar-refractivity contribution in [2.24, 2.45) is 5.41 Å². The molecule has 5 heteroatoms. The third-order valence-corrected chi connectivity index (χ3v) is 6.28. The molecule has 0 amide bonds. The van der Waals surface area contributed by atoms with Crippen LogP contribution >= 0.6 is 0 Å². The van der Waals surface area contributed by atoms with E-state index in [0.717, 1.165) is 19.3 Å². The molecule has 0 spiro atoms. The van der Waals surface area contributed by atoms with Crippen LogP contribution in [0.1, 0.15) is 38.7 Å². The molecule has 1 aromatic carbocycles. The number of rotatable bonds is 3. The first-order valence-electron chi connectivity index (χ1n) is 6.92. The van der Waals surface area contributed by atoms with Gasteiger partial charge in [0, 0.05) is 13.1 Å². The zero-order chi connectivity index (χ0) is 14.8. The van der Waals surface area contributed by atoms with Gasteiger partial charge in [0.2, 0.25) is 10.0 Å². The van der Waals surface area contributed by atoms with Crippen molar-refractivity contribution in [1.29, 1.82) is 5.26 Å². The minimum atomic E-state index is -3.47. The Balaban J connectivity index is 2.22. The number of hydrogen-bond acceptors (Lipinski definition) is 3. The van der Waals surface area contributed by atoms with Crippen LogP contribution in [0.5, 0.6) is 0 Å². The van der Waals surface area contributed by atoms with E-state index in [1.807, 2.05) is 6.07 Å². The first-order chi connectivity index (χ1) is 9.41. The largest absolute Gasteiger partial charge is 0.243 e. The van der Waals surface area contributed by atoms with Gasteiger partial charge in [0.25, 0.3) is 0 Å². The molecule has 0 aromatic heterocycles. The molecule has 1 aromatic rings. The van der Waals surface area contributed by atoms with Crippen LogP contribution in [-0.2, 0) is 10.0 Å². The lowest BCUT2D eigenvalue weighted by Crippen LogP contribution is -2.41. The van der Waals surface area contributed by atoms with Crippen LogP contribution in [0.2, 0.25) is 0 Å². The fourth-order valence-corrected chi connectivity index (χ4v) is 3.98. The van der Waals surface area contributed by atoms with Crippen molar-refractivity contribution in [3.8, 4) is 6.07 Å². The number of piperidine rings is 1. The molecule has 0 N–H and O–H groups in total. The van der Waals surface area contributed by atoms with Crippen molar-refractivity contribution >= 4 is 10.0 Å². The SMILES string of the molecule is CCC1(C)CCN(S(=O)(=O)c2cccc(C#N)c2)CC1. The Morgan fingerprint density at radius 2 is 2.00 bits per heavy atom. The van der Waals surface area contributed by atoms with Crippen molar-refractivity contribution in [2.75, 3.05) is 13.1 Å². The Morgan fingerprint density at radius 3 is 2.55 bits per heavy atom. The van der Waals surface area contributed by atoms with Crippen molar-refractivity contribution in [1.82, 2.24) is 4.31 Å². The van der Waals surface area contributed by atoms with E-state index in [-0.39, 0.29) is 10.3 Å². The summed E-state index contributed by atoms with van der Waals surface area (Å²) in [4.78, 5) is 0.219. The maximum absolute atomic E-state index is 12.6. The Labute approximate surface area is 121 Å². The van der Waals surface area contributed by atoms with E-state index >= 15 is 0 Å². The average molecular weight is 292 g/mol. The summed E-state index contributed by atoms with van der Waals surface area (Å²) in [6.07, 6.45) is 2.85. The molecule has 1 heterocycles. The molecule has 1 fully saturated rings. The minimum absolute atomic E-state index is 0.219. The highest BCUT2D eigenvalue weighted by Gasteiger charge is 2.34. The number of nitriles is 1. The number of nitrogens with zero attached hydrogens (tertiary/aromatic N) is 2. The topological polar surface area (TPSA) is 61.2 Å². The maximum Gasteiger partial charge on any atom is 0.243 e. The second-order valence-electron chi connectivity index (χ2n) is 5.71. The molecule has 4 nitrogen and oxygen atoms in total. The van der Waals surface area contributed by atoms with Crippen LogP contribution < -0.4 is 0 Å². The van der Waals surface area contributed by atoms with Gasteiger partial charge in [-0.3, -0.25) is 0 Å². The van der Waals surface area contributed by atoms with Gasteiger partial charge in [-0.05, 0) is 36.5 Å². The lowest BCUT2D eigenvalue weighted by molar-refractivity contribution is 0.169. The lowest BCUT2D eigenvalue weighted by atomic mass is 9.79. The summed E-state index contributed by atoms with van der Waals surface area (Å²) in [5.74, 6) is 0. The molecule has 1 saturated heterocycles. The number of benzene rings is 1. The second kappa shape index (κ2) is 5.55. The van der Waals surface area contributed by atoms with Gasteiger partial charge in [-0.15, -0.1) is 0 Å². The van der Waals surface area contributed by atoms with E-state index in [9.17, 15) is 8.42 Å². The Morgan fingerprint density at radius 1 is 1.35 bits per heavy atom. The molecule has 0 saturated carbocycles. The van der Waals surface area contributed by atoms with E-state index in [2.05, 4.69) is 13.8 Å². The smallest absolute Gasteiger partial charge is 0.207 e. The Hall–Kier alpha value is -1.38. The van der Waals surface area contributed by atoms with Gasteiger partial charge in [0.05, 0.1) is 16.5 Å². The predicted molar refractivity (Wildman–Crippen MR) is 77.5 cm³/mol. The van der Waals surface area contributed by atoms with Crippen molar-refractivity contribution in [3.63, 3.8) is 0 Å². The number of hydrogen-bond donors (Lipinski definition) is 0. The summed E-state index contributed by atoms with van der Waals surface area (Å²) < 4.78 is 26.7. The highest BCUT2D eigenvalue weighted by molar-refractivity contribution is 7.89. The van der Waals surface area contributed by atoms with Gasteiger partial charge in [0.15, 0.2) is 0 Å². The molecule has 1 aliphatic heterocycles. The fraction of sp³-hybridized carbons (Fsp3) is 0.533. The van der Waals surface area contributed by atoms with Gasteiger partial charge >= 0.3 is 0 Å². The van der Waals surface area contributed by atoms with Gasteiger partial charge in [0.1, 0.15) is 0 Å². The van der Waals surface area contributed by atoms with E-state index in [4.69, 9.17) is 5.26 Å². The third-order valence-electron chi connectivity index (χ3n) is 4.38. The molecule has 2 rings (SSSR count). The van der Waals surface area contributed by atoms with Crippen molar-refractivity contribution < 1.29 is 8.42 Å². The molecule has 1 aliphatic rings. The first kappa shape index (κ1) is 15.0. The summed E-state index contributed by atoms with van der Waals surface area (Å²) in [6, 6.07) is 8.22. The van der Waals surface area contributed by atoms with Gasteiger partial charge in [-0.1, -0.05) is 26.3 Å².